The van der Waals surface area contributed by atoms with Crippen molar-refractivity contribution in [2.24, 2.45) is 0 Å². The molecule has 2 amide bonds. The molecule has 1 heterocycles. The molecular formula is C19H19FN2O2S. The van der Waals surface area contributed by atoms with Gasteiger partial charge in [-0.05, 0) is 48.7 Å². The van der Waals surface area contributed by atoms with Crippen molar-refractivity contribution in [1.82, 2.24) is 10.2 Å². The Labute approximate surface area is 150 Å². The fourth-order valence-electron chi connectivity index (χ4n) is 2.29. The zero-order valence-electron chi connectivity index (χ0n) is 13.9. The van der Waals surface area contributed by atoms with E-state index in [1.807, 2.05) is 12.1 Å². The summed E-state index contributed by atoms with van der Waals surface area (Å²) < 4.78 is 13.0. The first kappa shape index (κ1) is 17.4. The molecule has 0 unspecified atom stereocenters. The van der Waals surface area contributed by atoms with Crippen LogP contribution in [0.2, 0.25) is 0 Å². The molecule has 0 bridgehead atoms. The van der Waals surface area contributed by atoms with E-state index in [1.165, 1.54) is 34.4 Å². The first-order valence-electron chi connectivity index (χ1n) is 8.09. The Hall–Kier alpha value is -2.47. The minimum absolute atomic E-state index is 0.0605. The van der Waals surface area contributed by atoms with E-state index in [4.69, 9.17) is 0 Å². The predicted molar refractivity (Wildman–Crippen MR) is 97.5 cm³/mol. The quantitative estimate of drug-likeness (QED) is 0.806. The standard InChI is InChI=1S/C19H19FN2O2S/c1-22(12-18(23)21-15-6-7-15)19(24)11-9-16-8-10-17(25-16)13-2-4-14(20)5-3-13/h2-5,8-11,15H,6-7,12H2,1H3,(H,21,23)/b11-9-. The lowest BCUT2D eigenvalue weighted by atomic mass is 10.2. The molecule has 4 nitrogen and oxygen atoms in total. The van der Waals surface area contributed by atoms with Crippen molar-refractivity contribution < 1.29 is 14.0 Å². The van der Waals surface area contributed by atoms with Crippen LogP contribution in [0.1, 0.15) is 17.7 Å². The third-order valence-electron chi connectivity index (χ3n) is 3.85. The first-order chi connectivity index (χ1) is 12.0. The average Bonchev–Trinajstić information content (AvgIpc) is 3.27. The Morgan fingerprint density at radius 2 is 1.96 bits per heavy atom. The molecule has 1 fully saturated rings. The molecule has 0 saturated heterocycles. The predicted octanol–water partition coefficient (Wildman–Crippen LogP) is 3.30. The molecule has 130 valence electrons. The molecule has 0 spiro atoms. The number of rotatable bonds is 6. The number of halogens is 1. The maximum atomic E-state index is 13.0. The molecule has 1 saturated carbocycles. The third kappa shape index (κ3) is 5.00. The summed E-state index contributed by atoms with van der Waals surface area (Å²) in [6.45, 7) is 0.0605. The highest BCUT2D eigenvalue weighted by atomic mass is 32.1. The smallest absolute Gasteiger partial charge is 0.246 e. The topological polar surface area (TPSA) is 49.4 Å². The second-order valence-corrected chi connectivity index (χ2v) is 7.19. The van der Waals surface area contributed by atoms with E-state index < -0.39 is 0 Å². The van der Waals surface area contributed by atoms with Crippen molar-refractivity contribution in [3.8, 4) is 10.4 Å². The van der Waals surface area contributed by atoms with Crippen molar-refractivity contribution >= 4 is 29.2 Å². The van der Waals surface area contributed by atoms with Crippen LogP contribution in [0.4, 0.5) is 4.39 Å². The van der Waals surface area contributed by atoms with Gasteiger partial charge in [0, 0.05) is 28.9 Å². The fourth-order valence-corrected chi connectivity index (χ4v) is 3.20. The van der Waals surface area contributed by atoms with Gasteiger partial charge in [-0.15, -0.1) is 11.3 Å². The van der Waals surface area contributed by atoms with Crippen LogP contribution >= 0.6 is 11.3 Å². The zero-order valence-corrected chi connectivity index (χ0v) is 14.7. The zero-order chi connectivity index (χ0) is 17.8. The summed E-state index contributed by atoms with van der Waals surface area (Å²) >= 11 is 1.52. The number of amides is 2. The second kappa shape index (κ2) is 7.61. The number of nitrogens with zero attached hydrogens (tertiary/aromatic N) is 1. The molecule has 0 radical (unpaired) electrons. The SMILES string of the molecule is CN(CC(=O)NC1CC1)C(=O)/C=C\c1ccc(-c2ccc(F)cc2)s1. The second-order valence-electron chi connectivity index (χ2n) is 6.08. The lowest BCUT2D eigenvalue weighted by Crippen LogP contribution is -2.38. The normalized spacial score (nSPS) is 13.8. The molecule has 1 N–H and O–H groups in total. The van der Waals surface area contributed by atoms with Gasteiger partial charge in [-0.2, -0.15) is 0 Å². The summed E-state index contributed by atoms with van der Waals surface area (Å²) in [7, 11) is 1.61. The Balaban J connectivity index is 1.56. The van der Waals surface area contributed by atoms with Crippen molar-refractivity contribution in [3.05, 3.63) is 53.2 Å². The van der Waals surface area contributed by atoms with Crippen molar-refractivity contribution in [1.29, 1.82) is 0 Å². The number of hydrogen-bond acceptors (Lipinski definition) is 3. The summed E-state index contributed by atoms with van der Waals surface area (Å²) in [5.74, 6) is -0.607. The van der Waals surface area contributed by atoms with E-state index in [2.05, 4.69) is 5.32 Å². The molecule has 3 rings (SSSR count). The van der Waals surface area contributed by atoms with E-state index in [0.29, 0.717) is 6.04 Å². The highest BCUT2D eigenvalue weighted by Gasteiger charge is 2.23. The number of hydrogen-bond donors (Lipinski definition) is 1. The van der Waals surface area contributed by atoms with E-state index in [1.54, 1.807) is 25.3 Å². The van der Waals surface area contributed by atoms with Crippen LogP contribution in [0.3, 0.4) is 0 Å². The number of carbonyl (C=O) groups is 2. The van der Waals surface area contributed by atoms with Gasteiger partial charge in [0.25, 0.3) is 0 Å². The molecule has 1 aromatic carbocycles. The molecule has 25 heavy (non-hydrogen) atoms. The van der Waals surface area contributed by atoms with Gasteiger partial charge < -0.3 is 10.2 Å². The van der Waals surface area contributed by atoms with Crippen LogP contribution in [0, 0.1) is 5.82 Å². The van der Waals surface area contributed by atoms with Gasteiger partial charge in [0.1, 0.15) is 5.82 Å². The van der Waals surface area contributed by atoms with Crippen molar-refractivity contribution in [2.45, 2.75) is 18.9 Å². The molecule has 1 aliphatic carbocycles. The maximum absolute atomic E-state index is 13.0. The van der Waals surface area contributed by atoms with Crippen LogP contribution in [0.5, 0.6) is 0 Å². The largest absolute Gasteiger partial charge is 0.352 e. The van der Waals surface area contributed by atoms with Gasteiger partial charge in [-0.25, -0.2) is 4.39 Å². The van der Waals surface area contributed by atoms with Crippen LogP contribution in [-0.4, -0.2) is 36.3 Å². The Morgan fingerprint density at radius 1 is 1.24 bits per heavy atom. The van der Waals surface area contributed by atoms with Gasteiger partial charge in [-0.3, -0.25) is 9.59 Å². The van der Waals surface area contributed by atoms with Gasteiger partial charge in [-0.1, -0.05) is 12.1 Å². The fraction of sp³-hybridized carbons (Fsp3) is 0.263. The molecule has 1 aliphatic rings. The van der Waals surface area contributed by atoms with Gasteiger partial charge >= 0.3 is 0 Å². The molecule has 0 atom stereocenters. The van der Waals surface area contributed by atoms with Crippen molar-refractivity contribution in [2.75, 3.05) is 13.6 Å². The maximum Gasteiger partial charge on any atom is 0.246 e. The van der Waals surface area contributed by atoms with Crippen molar-refractivity contribution in [3.63, 3.8) is 0 Å². The molecular weight excluding hydrogens is 339 g/mol. The summed E-state index contributed by atoms with van der Waals surface area (Å²) in [5, 5.41) is 2.86. The van der Waals surface area contributed by atoms with Gasteiger partial charge in [0.15, 0.2) is 0 Å². The summed E-state index contributed by atoms with van der Waals surface area (Å²) in [4.78, 5) is 27.1. The summed E-state index contributed by atoms with van der Waals surface area (Å²) in [5.41, 5.74) is 0.936. The third-order valence-corrected chi connectivity index (χ3v) is 4.94. The molecule has 6 heteroatoms. The van der Waals surface area contributed by atoms with Crippen LogP contribution in [-0.2, 0) is 9.59 Å². The summed E-state index contributed by atoms with van der Waals surface area (Å²) in [6, 6.07) is 10.5. The summed E-state index contributed by atoms with van der Waals surface area (Å²) in [6.07, 6.45) is 5.25. The van der Waals surface area contributed by atoms with Gasteiger partial charge in [0.2, 0.25) is 11.8 Å². The van der Waals surface area contributed by atoms with E-state index in [9.17, 15) is 14.0 Å². The lowest BCUT2D eigenvalue weighted by Gasteiger charge is -2.14. The minimum Gasteiger partial charge on any atom is -0.352 e. The Bertz CT molecular complexity index is 794. The van der Waals surface area contributed by atoms with Crippen LogP contribution in [0.15, 0.2) is 42.5 Å². The monoisotopic (exact) mass is 358 g/mol. The van der Waals surface area contributed by atoms with E-state index in [-0.39, 0.29) is 24.2 Å². The average molecular weight is 358 g/mol. The van der Waals surface area contributed by atoms with Crippen LogP contribution in [0.25, 0.3) is 16.5 Å². The highest BCUT2D eigenvalue weighted by molar-refractivity contribution is 7.16. The number of likely N-dealkylation sites (N-methyl/N-ethyl adjacent to an activating group) is 1. The minimum atomic E-state index is -0.264. The lowest BCUT2D eigenvalue weighted by molar-refractivity contribution is -0.131. The molecule has 2 aromatic rings. The Kier molecular flexibility index (Phi) is 5.28. The first-order valence-corrected chi connectivity index (χ1v) is 8.91. The number of nitrogens with one attached hydrogen (secondary N) is 1. The molecule has 0 aliphatic heterocycles. The van der Waals surface area contributed by atoms with Gasteiger partial charge in [0.05, 0.1) is 6.54 Å². The van der Waals surface area contributed by atoms with Crippen LogP contribution < -0.4 is 5.32 Å². The van der Waals surface area contributed by atoms with E-state index in [0.717, 1.165) is 28.2 Å². The Morgan fingerprint density at radius 3 is 2.64 bits per heavy atom. The van der Waals surface area contributed by atoms with E-state index >= 15 is 0 Å². The number of thiophene rings is 1. The number of benzene rings is 1. The number of carbonyl (C=O) groups excluding carboxylic acids is 2. The highest BCUT2D eigenvalue weighted by Crippen LogP contribution is 2.28. The molecule has 1 aromatic heterocycles.